The maximum absolute atomic E-state index is 11.4. The second-order valence-electron chi connectivity index (χ2n) is 3.96. The summed E-state index contributed by atoms with van der Waals surface area (Å²) in [4.78, 5) is -0.151. The molecule has 0 aliphatic rings. The maximum atomic E-state index is 11.4. The monoisotopic (exact) mass is 307 g/mol. The molecule has 0 heterocycles. The topological polar surface area (TPSA) is 132 Å². The van der Waals surface area contributed by atoms with Gasteiger partial charge in [-0.1, -0.05) is 6.92 Å². The number of sulfone groups is 1. The van der Waals surface area contributed by atoms with Gasteiger partial charge in [0.05, 0.1) is 11.4 Å². The van der Waals surface area contributed by atoms with Crippen LogP contribution in [0.25, 0.3) is 0 Å². The highest BCUT2D eigenvalue weighted by Gasteiger charge is 2.15. The van der Waals surface area contributed by atoms with Gasteiger partial charge in [-0.2, -0.15) is 0 Å². The summed E-state index contributed by atoms with van der Waals surface area (Å²) in [6.45, 7) is 1.65. The van der Waals surface area contributed by atoms with E-state index in [0.717, 1.165) is 0 Å². The first-order chi connectivity index (χ1) is 8.65. The predicted molar refractivity (Wildman–Crippen MR) is 75.0 cm³/mol. The summed E-state index contributed by atoms with van der Waals surface area (Å²) in [7, 11) is -7.03. The number of nitrogens with two attached hydrogens (primary N) is 2. The molecule has 0 aromatic heterocycles. The van der Waals surface area contributed by atoms with Gasteiger partial charge in [-0.25, -0.2) is 22.0 Å². The van der Waals surface area contributed by atoms with Crippen LogP contribution in [-0.2, 0) is 19.9 Å². The Hall–Kier alpha value is -1.32. The lowest BCUT2D eigenvalue weighted by atomic mass is 10.3. The zero-order valence-corrected chi connectivity index (χ0v) is 12.1. The van der Waals surface area contributed by atoms with Crippen LogP contribution in [0.1, 0.15) is 6.92 Å². The van der Waals surface area contributed by atoms with Crippen molar-refractivity contribution in [3.05, 3.63) is 18.2 Å². The number of hydrogen-bond donors (Lipinski definition) is 3. The van der Waals surface area contributed by atoms with Gasteiger partial charge in [0.25, 0.3) is 0 Å². The van der Waals surface area contributed by atoms with Gasteiger partial charge in [0.1, 0.15) is 4.90 Å². The van der Waals surface area contributed by atoms with Gasteiger partial charge in [0, 0.05) is 18.0 Å². The zero-order chi connectivity index (χ0) is 14.7. The Morgan fingerprint density at radius 3 is 2.37 bits per heavy atom. The maximum Gasteiger partial charge on any atom is 0.240 e. The van der Waals surface area contributed by atoms with Crippen molar-refractivity contribution in [1.29, 1.82) is 0 Å². The van der Waals surface area contributed by atoms with Gasteiger partial charge in [-0.15, -0.1) is 0 Å². The van der Waals surface area contributed by atoms with Gasteiger partial charge >= 0.3 is 0 Å². The van der Waals surface area contributed by atoms with E-state index in [-0.39, 0.29) is 34.3 Å². The highest BCUT2D eigenvalue weighted by atomic mass is 32.2. The summed E-state index contributed by atoms with van der Waals surface area (Å²) < 4.78 is 45.4. The van der Waals surface area contributed by atoms with Crippen LogP contribution >= 0.6 is 0 Å². The van der Waals surface area contributed by atoms with Crippen LogP contribution in [0.3, 0.4) is 0 Å². The molecule has 19 heavy (non-hydrogen) atoms. The van der Waals surface area contributed by atoms with Crippen molar-refractivity contribution in [2.45, 2.75) is 11.8 Å². The van der Waals surface area contributed by atoms with E-state index < -0.39 is 19.9 Å². The molecular formula is C10H17N3O4S2. The number of sulfonamides is 1. The van der Waals surface area contributed by atoms with Crippen LogP contribution in [0.2, 0.25) is 0 Å². The molecule has 108 valence electrons. The molecule has 0 fully saturated rings. The number of hydrogen-bond acceptors (Lipinski definition) is 6. The van der Waals surface area contributed by atoms with Crippen LogP contribution in [0.4, 0.5) is 11.4 Å². The normalized spacial score (nSPS) is 12.3. The molecule has 0 aliphatic carbocycles. The average molecular weight is 307 g/mol. The third kappa shape index (κ3) is 4.69. The molecule has 0 aliphatic heterocycles. The second-order valence-corrected chi connectivity index (χ2v) is 7.97. The van der Waals surface area contributed by atoms with Crippen LogP contribution in [0.5, 0.6) is 0 Å². The summed E-state index contributed by atoms with van der Waals surface area (Å²) in [6.07, 6.45) is 0. The van der Waals surface area contributed by atoms with E-state index in [4.69, 9.17) is 10.9 Å². The molecule has 0 unspecified atom stereocenters. The quantitative estimate of drug-likeness (QED) is 0.621. The van der Waals surface area contributed by atoms with E-state index in [0.29, 0.717) is 0 Å². The Labute approximate surface area is 113 Å². The largest absolute Gasteiger partial charge is 0.399 e. The average Bonchev–Trinajstić information content (AvgIpc) is 2.29. The number of nitrogens with one attached hydrogen (secondary N) is 1. The molecule has 0 bridgehead atoms. The molecule has 7 nitrogen and oxygen atoms in total. The minimum absolute atomic E-state index is 0.0401. The standard InChI is InChI=1S/C10H17N3O4S2/c1-2-18(14,15)6-5-13-9-4-3-8(11)7-10(9)19(12,16)17/h3-4,7,13H,2,5-6,11H2,1H3,(H2,12,16,17). The lowest BCUT2D eigenvalue weighted by Gasteiger charge is -2.11. The van der Waals surface area contributed by atoms with Crippen molar-refractivity contribution in [1.82, 2.24) is 0 Å². The predicted octanol–water partition coefficient (Wildman–Crippen LogP) is -0.237. The Bertz CT molecular complexity index is 653. The van der Waals surface area contributed by atoms with Gasteiger partial charge < -0.3 is 11.1 Å². The third-order valence-corrected chi connectivity index (χ3v) is 5.14. The first kappa shape index (κ1) is 15.7. The van der Waals surface area contributed by atoms with E-state index in [1.165, 1.54) is 18.2 Å². The molecule has 5 N–H and O–H groups in total. The molecule has 1 aromatic rings. The molecule has 0 saturated heterocycles. The van der Waals surface area contributed by atoms with Crippen molar-refractivity contribution in [3.8, 4) is 0 Å². The van der Waals surface area contributed by atoms with Crippen molar-refractivity contribution in [2.75, 3.05) is 29.1 Å². The van der Waals surface area contributed by atoms with Crippen molar-refractivity contribution < 1.29 is 16.8 Å². The van der Waals surface area contributed by atoms with Gasteiger partial charge in [0.2, 0.25) is 10.0 Å². The lowest BCUT2D eigenvalue weighted by Crippen LogP contribution is -2.20. The number of anilines is 2. The van der Waals surface area contributed by atoms with E-state index >= 15 is 0 Å². The van der Waals surface area contributed by atoms with Crippen LogP contribution in [-0.4, -0.2) is 34.9 Å². The Kier molecular flexibility index (Phi) is 4.77. The summed E-state index contributed by atoms with van der Waals surface area (Å²) in [5.41, 5.74) is 6.00. The summed E-state index contributed by atoms with van der Waals surface area (Å²) in [5.74, 6) is -0.0452. The number of benzene rings is 1. The molecule has 1 rings (SSSR count). The number of nitrogen functional groups attached to an aromatic ring is 1. The Balaban J connectivity index is 2.91. The van der Waals surface area contributed by atoms with E-state index in [1.54, 1.807) is 6.92 Å². The SMILES string of the molecule is CCS(=O)(=O)CCNc1ccc(N)cc1S(N)(=O)=O. The summed E-state index contributed by atoms with van der Waals surface area (Å²) >= 11 is 0. The van der Waals surface area contributed by atoms with Gasteiger partial charge in [-0.3, -0.25) is 0 Å². The second kappa shape index (κ2) is 5.76. The minimum atomic E-state index is -3.92. The molecular weight excluding hydrogens is 290 g/mol. The van der Waals surface area contributed by atoms with Crippen molar-refractivity contribution in [2.24, 2.45) is 5.14 Å². The fourth-order valence-corrected chi connectivity index (χ4v) is 2.85. The van der Waals surface area contributed by atoms with E-state index in [1.807, 2.05) is 0 Å². The summed E-state index contributed by atoms with van der Waals surface area (Å²) in [5, 5.41) is 7.81. The van der Waals surface area contributed by atoms with Gasteiger partial charge in [0.15, 0.2) is 9.84 Å². The first-order valence-electron chi connectivity index (χ1n) is 5.52. The van der Waals surface area contributed by atoms with E-state index in [9.17, 15) is 16.8 Å². The van der Waals surface area contributed by atoms with Crippen LogP contribution in [0.15, 0.2) is 23.1 Å². The fourth-order valence-electron chi connectivity index (χ4n) is 1.41. The van der Waals surface area contributed by atoms with Crippen molar-refractivity contribution in [3.63, 3.8) is 0 Å². The number of rotatable bonds is 6. The highest BCUT2D eigenvalue weighted by molar-refractivity contribution is 7.91. The molecule has 0 atom stereocenters. The third-order valence-electron chi connectivity index (χ3n) is 2.48. The van der Waals surface area contributed by atoms with Gasteiger partial charge in [-0.05, 0) is 18.2 Å². The fraction of sp³-hybridized carbons (Fsp3) is 0.400. The number of primary sulfonamides is 1. The van der Waals surface area contributed by atoms with Crippen LogP contribution in [0, 0.1) is 0 Å². The van der Waals surface area contributed by atoms with Crippen molar-refractivity contribution >= 4 is 31.2 Å². The lowest BCUT2D eigenvalue weighted by molar-refractivity contribution is 0.597. The Morgan fingerprint density at radius 2 is 1.84 bits per heavy atom. The minimum Gasteiger partial charge on any atom is -0.399 e. The molecule has 0 spiro atoms. The zero-order valence-electron chi connectivity index (χ0n) is 10.5. The summed E-state index contributed by atoms with van der Waals surface area (Å²) in [6, 6.07) is 4.19. The molecule has 9 heteroatoms. The molecule has 0 saturated carbocycles. The highest BCUT2D eigenvalue weighted by Crippen LogP contribution is 2.22. The molecule has 1 aromatic carbocycles. The van der Waals surface area contributed by atoms with Crippen LogP contribution < -0.4 is 16.2 Å². The Morgan fingerprint density at radius 1 is 1.21 bits per heavy atom. The molecule has 0 amide bonds. The smallest absolute Gasteiger partial charge is 0.240 e. The van der Waals surface area contributed by atoms with E-state index in [2.05, 4.69) is 5.32 Å². The first-order valence-corrected chi connectivity index (χ1v) is 8.89. The molecule has 0 radical (unpaired) electrons.